The summed E-state index contributed by atoms with van der Waals surface area (Å²) in [6.45, 7) is 2.15. The molecule has 3 rings (SSSR count). The number of phenolic OH excluding ortho intramolecular Hbond substituents is 1. The fourth-order valence-corrected chi connectivity index (χ4v) is 2.89. The number of benzene rings is 3. The first-order valence-corrected chi connectivity index (χ1v) is 7.70. The van der Waals surface area contributed by atoms with E-state index < -0.39 is 0 Å². The van der Waals surface area contributed by atoms with Crippen molar-refractivity contribution in [3.05, 3.63) is 66.0 Å². The zero-order chi connectivity index (χ0) is 15.5. The van der Waals surface area contributed by atoms with Crippen molar-refractivity contribution < 1.29 is 9.50 Å². The molecule has 1 nitrogen and oxygen atoms in total. The molecule has 3 aromatic carbocycles. The minimum absolute atomic E-state index is 0.265. The van der Waals surface area contributed by atoms with E-state index in [1.807, 2.05) is 24.3 Å². The van der Waals surface area contributed by atoms with Gasteiger partial charge in [0.05, 0.1) is 0 Å². The van der Waals surface area contributed by atoms with E-state index in [1.54, 1.807) is 12.1 Å². The van der Waals surface area contributed by atoms with Crippen LogP contribution in [0.15, 0.2) is 54.6 Å². The minimum atomic E-state index is -0.265. The fourth-order valence-electron chi connectivity index (χ4n) is 2.89. The third-order valence-corrected chi connectivity index (χ3v) is 4.04. The van der Waals surface area contributed by atoms with Crippen LogP contribution in [0.3, 0.4) is 0 Å². The molecule has 3 aromatic rings. The molecule has 0 aliphatic rings. The van der Waals surface area contributed by atoms with Gasteiger partial charge in [0, 0.05) is 10.9 Å². The van der Waals surface area contributed by atoms with Crippen LogP contribution in [0.1, 0.15) is 25.3 Å². The van der Waals surface area contributed by atoms with Crippen LogP contribution >= 0.6 is 0 Å². The van der Waals surface area contributed by atoms with Gasteiger partial charge in [0.25, 0.3) is 0 Å². The van der Waals surface area contributed by atoms with Crippen LogP contribution in [-0.2, 0) is 6.42 Å². The Morgan fingerprint density at radius 1 is 1.00 bits per heavy atom. The Morgan fingerprint density at radius 2 is 1.73 bits per heavy atom. The summed E-state index contributed by atoms with van der Waals surface area (Å²) in [5, 5.41) is 12.6. The molecular weight excluding hydrogens is 275 g/mol. The van der Waals surface area contributed by atoms with Crippen molar-refractivity contribution in [3.8, 4) is 16.9 Å². The van der Waals surface area contributed by atoms with Crippen molar-refractivity contribution >= 4 is 10.8 Å². The van der Waals surface area contributed by atoms with E-state index in [1.165, 1.54) is 12.1 Å². The van der Waals surface area contributed by atoms with Gasteiger partial charge >= 0.3 is 0 Å². The van der Waals surface area contributed by atoms with Gasteiger partial charge in [-0.15, -0.1) is 0 Å². The molecule has 2 heteroatoms. The van der Waals surface area contributed by atoms with E-state index in [9.17, 15) is 9.50 Å². The average Bonchev–Trinajstić information content (AvgIpc) is 2.54. The number of fused-ring (bicyclic) bond motifs is 1. The quantitative estimate of drug-likeness (QED) is 0.655. The fraction of sp³-hybridized carbons (Fsp3) is 0.200. The molecule has 0 amide bonds. The molecule has 0 unspecified atom stereocenters. The second-order valence-corrected chi connectivity index (χ2v) is 5.59. The predicted molar refractivity (Wildman–Crippen MR) is 89.6 cm³/mol. The maximum atomic E-state index is 13.2. The first-order valence-electron chi connectivity index (χ1n) is 7.70. The number of phenols is 1. The number of rotatable bonds is 4. The molecule has 0 bridgehead atoms. The Labute approximate surface area is 130 Å². The third kappa shape index (κ3) is 2.69. The summed E-state index contributed by atoms with van der Waals surface area (Å²) in [6, 6.07) is 16.3. The summed E-state index contributed by atoms with van der Waals surface area (Å²) in [6.07, 6.45) is 3.06. The molecular formula is C20H19FO. The highest BCUT2D eigenvalue weighted by Crippen LogP contribution is 2.39. The van der Waals surface area contributed by atoms with Crippen LogP contribution in [0.4, 0.5) is 4.39 Å². The molecule has 0 atom stereocenters. The van der Waals surface area contributed by atoms with E-state index in [-0.39, 0.29) is 11.6 Å². The number of aryl methyl sites for hydroxylation is 1. The normalized spacial score (nSPS) is 11.0. The molecule has 0 heterocycles. The summed E-state index contributed by atoms with van der Waals surface area (Å²) in [7, 11) is 0. The van der Waals surface area contributed by atoms with E-state index in [0.717, 1.165) is 46.7 Å². The van der Waals surface area contributed by atoms with Gasteiger partial charge in [0.2, 0.25) is 0 Å². The number of hydrogen-bond donors (Lipinski definition) is 1. The summed E-state index contributed by atoms with van der Waals surface area (Å²) in [4.78, 5) is 0. The standard InChI is InChI=1S/C20H19FO/c1-2-3-6-16-13-15-7-4-5-8-18(15)20(22)19(16)14-9-11-17(21)12-10-14/h4-5,7-13,22H,2-3,6H2,1H3. The van der Waals surface area contributed by atoms with Gasteiger partial charge in [-0.05, 0) is 41.5 Å². The lowest BCUT2D eigenvalue weighted by Crippen LogP contribution is -1.93. The highest BCUT2D eigenvalue weighted by Gasteiger charge is 2.14. The van der Waals surface area contributed by atoms with Crippen molar-refractivity contribution in [2.75, 3.05) is 0 Å². The lowest BCUT2D eigenvalue weighted by Gasteiger charge is -2.15. The van der Waals surface area contributed by atoms with Crippen molar-refractivity contribution in [3.63, 3.8) is 0 Å². The van der Waals surface area contributed by atoms with E-state index >= 15 is 0 Å². The van der Waals surface area contributed by atoms with Crippen LogP contribution in [0.5, 0.6) is 5.75 Å². The minimum Gasteiger partial charge on any atom is -0.507 e. The van der Waals surface area contributed by atoms with Crippen molar-refractivity contribution in [1.29, 1.82) is 0 Å². The van der Waals surface area contributed by atoms with Crippen LogP contribution in [0.25, 0.3) is 21.9 Å². The Morgan fingerprint density at radius 3 is 2.45 bits per heavy atom. The smallest absolute Gasteiger partial charge is 0.131 e. The highest BCUT2D eigenvalue weighted by molar-refractivity contribution is 5.96. The molecule has 0 saturated heterocycles. The van der Waals surface area contributed by atoms with Crippen molar-refractivity contribution in [2.24, 2.45) is 0 Å². The van der Waals surface area contributed by atoms with Gasteiger partial charge in [0.15, 0.2) is 0 Å². The molecule has 0 aromatic heterocycles. The summed E-state index contributed by atoms with van der Waals surface area (Å²) < 4.78 is 13.2. The Kier molecular flexibility index (Phi) is 4.10. The molecule has 0 aliphatic heterocycles. The average molecular weight is 294 g/mol. The van der Waals surface area contributed by atoms with E-state index in [4.69, 9.17) is 0 Å². The zero-order valence-corrected chi connectivity index (χ0v) is 12.6. The van der Waals surface area contributed by atoms with Gasteiger partial charge in [-0.1, -0.05) is 55.8 Å². The molecule has 1 N–H and O–H groups in total. The van der Waals surface area contributed by atoms with Crippen LogP contribution < -0.4 is 0 Å². The second-order valence-electron chi connectivity index (χ2n) is 5.59. The van der Waals surface area contributed by atoms with Gasteiger partial charge in [0.1, 0.15) is 11.6 Å². The monoisotopic (exact) mass is 294 g/mol. The maximum absolute atomic E-state index is 13.2. The molecule has 0 saturated carbocycles. The summed E-state index contributed by atoms with van der Waals surface area (Å²) in [5.41, 5.74) is 2.80. The number of halogens is 1. The first-order chi connectivity index (χ1) is 10.7. The van der Waals surface area contributed by atoms with Crippen molar-refractivity contribution in [1.82, 2.24) is 0 Å². The third-order valence-electron chi connectivity index (χ3n) is 4.04. The number of aromatic hydroxyl groups is 1. The first kappa shape index (κ1) is 14.6. The second kappa shape index (κ2) is 6.18. The topological polar surface area (TPSA) is 20.2 Å². The predicted octanol–water partition coefficient (Wildman–Crippen LogP) is 5.69. The molecule has 22 heavy (non-hydrogen) atoms. The zero-order valence-electron chi connectivity index (χ0n) is 12.6. The van der Waals surface area contributed by atoms with Crippen molar-refractivity contribution in [2.45, 2.75) is 26.2 Å². The number of hydrogen-bond acceptors (Lipinski definition) is 1. The highest BCUT2D eigenvalue weighted by atomic mass is 19.1. The lowest BCUT2D eigenvalue weighted by atomic mass is 9.91. The molecule has 112 valence electrons. The molecule has 0 spiro atoms. The molecule has 0 radical (unpaired) electrons. The Hall–Kier alpha value is -2.35. The molecule has 0 fully saturated rings. The Bertz CT molecular complexity index is 791. The maximum Gasteiger partial charge on any atom is 0.131 e. The summed E-state index contributed by atoms with van der Waals surface area (Å²) >= 11 is 0. The molecule has 0 aliphatic carbocycles. The summed E-state index contributed by atoms with van der Waals surface area (Å²) in [5.74, 6) is 0.0231. The van der Waals surface area contributed by atoms with Gasteiger partial charge in [-0.3, -0.25) is 0 Å². The van der Waals surface area contributed by atoms with Gasteiger partial charge in [-0.25, -0.2) is 4.39 Å². The van der Waals surface area contributed by atoms with Gasteiger partial charge < -0.3 is 5.11 Å². The lowest BCUT2D eigenvalue weighted by molar-refractivity contribution is 0.483. The van der Waals surface area contributed by atoms with Crippen LogP contribution in [0, 0.1) is 5.82 Å². The van der Waals surface area contributed by atoms with E-state index in [2.05, 4.69) is 13.0 Å². The van der Waals surface area contributed by atoms with E-state index in [0.29, 0.717) is 0 Å². The van der Waals surface area contributed by atoms with Crippen LogP contribution in [0.2, 0.25) is 0 Å². The SMILES string of the molecule is CCCCc1cc2ccccc2c(O)c1-c1ccc(F)cc1. The largest absolute Gasteiger partial charge is 0.507 e. The number of unbranched alkanes of at least 4 members (excludes halogenated alkanes) is 1. The van der Waals surface area contributed by atoms with Crippen LogP contribution in [-0.4, -0.2) is 5.11 Å². The Balaban J connectivity index is 2.24. The van der Waals surface area contributed by atoms with Gasteiger partial charge in [-0.2, -0.15) is 0 Å².